The highest BCUT2D eigenvalue weighted by Gasteiger charge is 2.14. The van der Waals surface area contributed by atoms with Crippen LogP contribution in [0.1, 0.15) is 0 Å². The van der Waals surface area contributed by atoms with Crippen molar-refractivity contribution in [2.24, 2.45) is 0 Å². The molecule has 0 saturated carbocycles. The molecule has 0 N–H and O–H groups in total. The zero-order valence-corrected chi connectivity index (χ0v) is 20.1. The maximum atomic E-state index is 5.02. The average molecular weight is 471 g/mol. The summed E-state index contributed by atoms with van der Waals surface area (Å²) in [4.78, 5) is 5.02. The van der Waals surface area contributed by atoms with Crippen LogP contribution in [0.15, 0.2) is 133 Å². The van der Waals surface area contributed by atoms with Gasteiger partial charge in [0.1, 0.15) is 5.65 Å². The fourth-order valence-corrected chi connectivity index (χ4v) is 5.65. The van der Waals surface area contributed by atoms with Gasteiger partial charge >= 0.3 is 0 Å². The molecule has 0 bridgehead atoms. The van der Waals surface area contributed by atoms with Crippen LogP contribution in [0.4, 0.5) is 0 Å². The molecule has 6 aromatic carbocycles. The minimum absolute atomic E-state index is 1.00. The standard InChI is InChI=1S/C35H22N2/c1-2-8-24-19-25(14-13-23(24)7-1)26-15-16-28-21-30(18-17-27(28)20-26)34-22-29-9-3-4-10-31(29)35-36-32-11-5-6-12-33(32)37(34)35/h1-22H. The van der Waals surface area contributed by atoms with Gasteiger partial charge in [-0.15, -0.1) is 0 Å². The van der Waals surface area contributed by atoms with Gasteiger partial charge in [0.25, 0.3) is 0 Å². The van der Waals surface area contributed by atoms with Crippen molar-refractivity contribution in [2.75, 3.05) is 0 Å². The Kier molecular flexibility index (Phi) is 4.26. The van der Waals surface area contributed by atoms with Gasteiger partial charge in [0.15, 0.2) is 0 Å². The molecule has 2 nitrogen and oxygen atoms in total. The Balaban J connectivity index is 1.32. The summed E-state index contributed by atoms with van der Waals surface area (Å²) in [6.07, 6.45) is 0. The molecule has 0 aliphatic rings. The Morgan fingerprint density at radius 3 is 1.81 bits per heavy atom. The summed E-state index contributed by atoms with van der Waals surface area (Å²) in [5, 5.41) is 7.37. The molecular formula is C35H22N2. The van der Waals surface area contributed by atoms with E-state index in [1.54, 1.807) is 0 Å². The molecule has 0 atom stereocenters. The third kappa shape index (κ3) is 3.16. The number of para-hydroxylation sites is 2. The van der Waals surface area contributed by atoms with Gasteiger partial charge in [-0.05, 0) is 80.0 Å². The van der Waals surface area contributed by atoms with Crippen LogP contribution in [0.5, 0.6) is 0 Å². The van der Waals surface area contributed by atoms with Gasteiger partial charge < -0.3 is 0 Å². The Morgan fingerprint density at radius 2 is 1.00 bits per heavy atom. The molecule has 0 amide bonds. The van der Waals surface area contributed by atoms with Crippen LogP contribution in [0.25, 0.3) is 71.4 Å². The lowest BCUT2D eigenvalue weighted by atomic mass is 9.97. The van der Waals surface area contributed by atoms with Crippen molar-refractivity contribution in [3.63, 3.8) is 0 Å². The molecule has 0 radical (unpaired) electrons. The Labute approximate surface area is 214 Å². The second kappa shape index (κ2) is 7.78. The lowest BCUT2D eigenvalue weighted by Gasteiger charge is -2.12. The van der Waals surface area contributed by atoms with Crippen molar-refractivity contribution < 1.29 is 0 Å². The maximum Gasteiger partial charge on any atom is 0.146 e. The SMILES string of the molecule is c1ccc2cc(-c3ccc4cc(-c5cc6ccccc6c6nc7ccccc7n56)ccc4c3)ccc2c1. The Morgan fingerprint density at radius 1 is 0.432 bits per heavy atom. The fourth-order valence-electron chi connectivity index (χ4n) is 5.65. The number of imidazole rings is 1. The van der Waals surface area contributed by atoms with E-state index in [0.29, 0.717) is 0 Å². The molecule has 0 unspecified atom stereocenters. The van der Waals surface area contributed by atoms with Crippen LogP contribution in [-0.4, -0.2) is 9.38 Å². The van der Waals surface area contributed by atoms with Crippen molar-refractivity contribution in [1.82, 2.24) is 9.38 Å². The van der Waals surface area contributed by atoms with Crippen LogP contribution in [0.3, 0.4) is 0 Å². The summed E-state index contributed by atoms with van der Waals surface area (Å²) >= 11 is 0. The van der Waals surface area contributed by atoms with Crippen molar-refractivity contribution in [1.29, 1.82) is 0 Å². The van der Waals surface area contributed by atoms with Gasteiger partial charge in [-0.3, -0.25) is 4.40 Å². The van der Waals surface area contributed by atoms with Crippen LogP contribution in [0, 0.1) is 0 Å². The molecule has 2 heteroatoms. The summed E-state index contributed by atoms with van der Waals surface area (Å²) < 4.78 is 2.31. The highest BCUT2D eigenvalue weighted by atomic mass is 15.0. The molecule has 0 aliphatic heterocycles. The van der Waals surface area contributed by atoms with Gasteiger partial charge in [-0.2, -0.15) is 0 Å². The third-order valence-corrected chi connectivity index (χ3v) is 7.51. The van der Waals surface area contributed by atoms with E-state index in [1.807, 2.05) is 0 Å². The third-order valence-electron chi connectivity index (χ3n) is 7.51. The van der Waals surface area contributed by atoms with E-state index in [2.05, 4.69) is 138 Å². The maximum absolute atomic E-state index is 5.02. The number of nitrogens with zero attached hydrogens (tertiary/aromatic N) is 2. The summed E-state index contributed by atoms with van der Waals surface area (Å²) in [7, 11) is 0. The fraction of sp³-hybridized carbons (Fsp3) is 0. The molecule has 0 fully saturated rings. The molecule has 0 saturated heterocycles. The molecule has 37 heavy (non-hydrogen) atoms. The zero-order valence-electron chi connectivity index (χ0n) is 20.1. The predicted molar refractivity (Wildman–Crippen MR) is 156 cm³/mol. The van der Waals surface area contributed by atoms with Crippen molar-refractivity contribution in [3.8, 4) is 22.4 Å². The molecule has 2 heterocycles. The lowest BCUT2D eigenvalue weighted by Crippen LogP contribution is -1.94. The number of benzene rings is 6. The normalized spacial score (nSPS) is 11.8. The van der Waals surface area contributed by atoms with Crippen LogP contribution < -0.4 is 0 Å². The van der Waals surface area contributed by atoms with Crippen molar-refractivity contribution >= 4 is 49.0 Å². The largest absolute Gasteiger partial charge is 0.292 e. The lowest BCUT2D eigenvalue weighted by molar-refractivity contribution is 1.25. The molecular weight excluding hydrogens is 448 g/mol. The Bertz CT molecular complexity index is 2150. The van der Waals surface area contributed by atoms with E-state index in [0.717, 1.165) is 22.4 Å². The smallest absolute Gasteiger partial charge is 0.146 e. The number of hydrogen-bond donors (Lipinski definition) is 0. The van der Waals surface area contributed by atoms with Gasteiger partial charge in [0.2, 0.25) is 0 Å². The minimum Gasteiger partial charge on any atom is -0.292 e. The number of aromatic nitrogens is 2. The van der Waals surface area contributed by atoms with E-state index in [1.165, 1.54) is 49.0 Å². The van der Waals surface area contributed by atoms with Gasteiger partial charge in [-0.1, -0.05) is 97.1 Å². The molecule has 2 aromatic heterocycles. The number of pyridine rings is 1. The number of rotatable bonds is 2. The molecule has 0 aliphatic carbocycles. The van der Waals surface area contributed by atoms with E-state index in [9.17, 15) is 0 Å². The monoisotopic (exact) mass is 470 g/mol. The van der Waals surface area contributed by atoms with Crippen LogP contribution >= 0.6 is 0 Å². The zero-order chi connectivity index (χ0) is 24.3. The van der Waals surface area contributed by atoms with Gasteiger partial charge in [0.05, 0.1) is 16.7 Å². The van der Waals surface area contributed by atoms with E-state index in [-0.39, 0.29) is 0 Å². The van der Waals surface area contributed by atoms with Gasteiger partial charge in [0, 0.05) is 5.39 Å². The first-order valence-corrected chi connectivity index (χ1v) is 12.6. The van der Waals surface area contributed by atoms with Crippen LogP contribution in [0.2, 0.25) is 0 Å². The summed E-state index contributed by atoms with van der Waals surface area (Å²) in [6.45, 7) is 0. The number of hydrogen-bond acceptors (Lipinski definition) is 1. The second-order valence-corrected chi connectivity index (χ2v) is 9.72. The first kappa shape index (κ1) is 20.3. The van der Waals surface area contributed by atoms with E-state index < -0.39 is 0 Å². The predicted octanol–water partition coefficient (Wildman–Crippen LogP) is 9.28. The highest BCUT2D eigenvalue weighted by Crippen LogP contribution is 2.34. The first-order chi connectivity index (χ1) is 18.3. The summed E-state index contributed by atoms with van der Waals surface area (Å²) in [5.41, 5.74) is 7.96. The molecule has 8 rings (SSSR count). The summed E-state index contributed by atoms with van der Waals surface area (Å²) in [6, 6.07) is 48.0. The first-order valence-electron chi connectivity index (χ1n) is 12.6. The Hall–Kier alpha value is -4.95. The quantitative estimate of drug-likeness (QED) is 0.246. The van der Waals surface area contributed by atoms with E-state index in [4.69, 9.17) is 4.98 Å². The highest BCUT2D eigenvalue weighted by molar-refractivity contribution is 6.02. The van der Waals surface area contributed by atoms with E-state index >= 15 is 0 Å². The van der Waals surface area contributed by atoms with Crippen molar-refractivity contribution in [3.05, 3.63) is 133 Å². The minimum atomic E-state index is 1.00. The van der Waals surface area contributed by atoms with Gasteiger partial charge in [-0.25, -0.2) is 4.98 Å². The molecule has 172 valence electrons. The summed E-state index contributed by atoms with van der Waals surface area (Å²) in [5.74, 6) is 0. The molecule has 8 aromatic rings. The van der Waals surface area contributed by atoms with Crippen molar-refractivity contribution in [2.45, 2.75) is 0 Å². The van der Waals surface area contributed by atoms with Crippen LogP contribution in [-0.2, 0) is 0 Å². The number of fused-ring (bicyclic) bond motifs is 7. The average Bonchev–Trinajstić information content (AvgIpc) is 3.36. The molecule has 0 spiro atoms. The second-order valence-electron chi connectivity index (χ2n) is 9.72. The topological polar surface area (TPSA) is 17.3 Å².